The van der Waals surface area contributed by atoms with Crippen LogP contribution in [0, 0.1) is 5.92 Å². The van der Waals surface area contributed by atoms with Crippen LogP contribution < -0.4 is 10.1 Å². The Labute approximate surface area is 127 Å². The highest BCUT2D eigenvalue weighted by molar-refractivity contribution is 5.68. The molecule has 0 spiro atoms. The van der Waals surface area contributed by atoms with Crippen molar-refractivity contribution >= 4 is 11.9 Å². The first kappa shape index (κ1) is 14.2. The van der Waals surface area contributed by atoms with Crippen LogP contribution >= 0.6 is 0 Å². The van der Waals surface area contributed by atoms with Crippen LogP contribution in [0.3, 0.4) is 0 Å². The minimum Gasteiger partial charge on any atom is -0.479 e. The van der Waals surface area contributed by atoms with E-state index >= 15 is 0 Å². The van der Waals surface area contributed by atoms with E-state index in [4.69, 9.17) is 9.84 Å². The van der Waals surface area contributed by atoms with Gasteiger partial charge in [0.2, 0.25) is 11.8 Å². The second-order valence-electron chi connectivity index (χ2n) is 5.16. The van der Waals surface area contributed by atoms with Gasteiger partial charge in [-0.25, -0.2) is 9.78 Å². The Balaban J connectivity index is 1.84. The minimum absolute atomic E-state index is 0.238. The van der Waals surface area contributed by atoms with E-state index < -0.39 is 12.6 Å². The number of carbonyl (C=O) groups is 1. The fraction of sp³-hybridized carbons (Fsp3) is 0.333. The summed E-state index contributed by atoms with van der Waals surface area (Å²) in [6.45, 7) is 0.382. The van der Waals surface area contributed by atoms with Crippen molar-refractivity contribution in [3.8, 4) is 17.1 Å². The number of nitrogens with zero attached hydrogens (tertiary/aromatic N) is 3. The molecule has 0 bridgehead atoms. The monoisotopic (exact) mass is 300 g/mol. The van der Waals surface area contributed by atoms with Gasteiger partial charge in [-0.05, 0) is 30.9 Å². The number of ether oxygens (including phenoxy) is 1. The second kappa shape index (κ2) is 6.38. The molecule has 7 nitrogen and oxygen atoms in total. The molecule has 2 heterocycles. The number of carboxylic acid groups (broad SMARTS) is 1. The number of nitrogens with one attached hydrogen (secondary N) is 1. The third-order valence-corrected chi connectivity index (χ3v) is 3.27. The molecule has 0 saturated heterocycles. The molecule has 22 heavy (non-hydrogen) atoms. The highest BCUT2D eigenvalue weighted by Crippen LogP contribution is 2.29. The molecule has 3 rings (SSSR count). The van der Waals surface area contributed by atoms with Crippen molar-refractivity contribution in [2.75, 3.05) is 18.5 Å². The Morgan fingerprint density at radius 1 is 1.32 bits per heavy atom. The number of aliphatic carboxylic acids is 1. The van der Waals surface area contributed by atoms with Gasteiger partial charge in [0.25, 0.3) is 0 Å². The first-order valence-electron chi connectivity index (χ1n) is 7.08. The third-order valence-electron chi connectivity index (χ3n) is 3.27. The molecule has 1 aliphatic rings. The molecule has 2 aromatic rings. The zero-order valence-corrected chi connectivity index (χ0v) is 11.9. The van der Waals surface area contributed by atoms with E-state index in [9.17, 15) is 4.79 Å². The van der Waals surface area contributed by atoms with Gasteiger partial charge in [-0.1, -0.05) is 0 Å². The van der Waals surface area contributed by atoms with Gasteiger partial charge >= 0.3 is 5.97 Å². The number of hydrogen-bond acceptors (Lipinski definition) is 6. The van der Waals surface area contributed by atoms with Crippen LogP contribution in [0.4, 0.5) is 5.95 Å². The number of pyridine rings is 1. The zero-order valence-electron chi connectivity index (χ0n) is 11.9. The van der Waals surface area contributed by atoms with Crippen LogP contribution in [0.5, 0.6) is 5.88 Å². The predicted octanol–water partition coefficient (Wildman–Crippen LogP) is 1.82. The number of carboxylic acids is 1. The van der Waals surface area contributed by atoms with E-state index in [1.807, 2.05) is 12.1 Å². The van der Waals surface area contributed by atoms with E-state index in [2.05, 4.69) is 20.3 Å². The molecule has 0 aromatic carbocycles. The molecule has 1 saturated carbocycles. The summed E-state index contributed by atoms with van der Waals surface area (Å²) in [5.74, 6) is 0.317. The Morgan fingerprint density at radius 2 is 2.09 bits per heavy atom. The van der Waals surface area contributed by atoms with Crippen molar-refractivity contribution in [2.45, 2.75) is 12.8 Å². The van der Waals surface area contributed by atoms with Crippen LogP contribution in [-0.2, 0) is 4.79 Å². The summed E-state index contributed by atoms with van der Waals surface area (Å²) in [5, 5.41) is 11.9. The van der Waals surface area contributed by atoms with Gasteiger partial charge in [-0.2, -0.15) is 4.98 Å². The van der Waals surface area contributed by atoms with Crippen LogP contribution in [0.2, 0.25) is 0 Å². The van der Waals surface area contributed by atoms with Crippen LogP contribution in [0.15, 0.2) is 30.6 Å². The Morgan fingerprint density at radius 3 is 2.77 bits per heavy atom. The zero-order chi connectivity index (χ0) is 15.4. The molecule has 0 atom stereocenters. The molecule has 1 fully saturated rings. The van der Waals surface area contributed by atoms with Gasteiger partial charge < -0.3 is 15.2 Å². The highest BCUT2D eigenvalue weighted by atomic mass is 16.5. The minimum atomic E-state index is -1.04. The molecule has 0 radical (unpaired) electrons. The SMILES string of the molecule is O=C(O)COc1cc(-c2ccncc2)nc(NCC2CC2)n1. The Hall–Kier alpha value is -2.70. The van der Waals surface area contributed by atoms with Gasteiger partial charge in [0.05, 0.1) is 5.69 Å². The first-order chi connectivity index (χ1) is 10.7. The molecule has 0 aliphatic heterocycles. The maximum absolute atomic E-state index is 10.6. The molecular formula is C15H16N4O3. The summed E-state index contributed by atoms with van der Waals surface area (Å²) in [4.78, 5) is 23.3. The summed E-state index contributed by atoms with van der Waals surface area (Å²) in [7, 11) is 0. The van der Waals surface area contributed by atoms with Gasteiger partial charge in [-0.3, -0.25) is 4.98 Å². The summed E-state index contributed by atoms with van der Waals surface area (Å²) >= 11 is 0. The largest absolute Gasteiger partial charge is 0.479 e. The molecule has 114 valence electrons. The van der Waals surface area contributed by atoms with Crippen molar-refractivity contribution in [1.29, 1.82) is 0 Å². The summed E-state index contributed by atoms with van der Waals surface area (Å²) in [6, 6.07) is 5.28. The fourth-order valence-electron chi connectivity index (χ4n) is 1.94. The number of anilines is 1. The predicted molar refractivity (Wildman–Crippen MR) is 79.6 cm³/mol. The molecule has 2 N–H and O–H groups in total. The summed E-state index contributed by atoms with van der Waals surface area (Å²) < 4.78 is 5.19. The normalized spacial score (nSPS) is 13.6. The van der Waals surface area contributed by atoms with E-state index in [0.717, 1.165) is 12.1 Å². The lowest BCUT2D eigenvalue weighted by Crippen LogP contribution is -2.12. The van der Waals surface area contributed by atoms with Gasteiger partial charge in [0.15, 0.2) is 6.61 Å². The average molecular weight is 300 g/mol. The lowest BCUT2D eigenvalue weighted by Gasteiger charge is -2.09. The molecule has 7 heteroatoms. The van der Waals surface area contributed by atoms with Crippen LogP contribution in [0.25, 0.3) is 11.3 Å². The molecule has 1 aliphatic carbocycles. The van der Waals surface area contributed by atoms with Crippen molar-refractivity contribution in [3.05, 3.63) is 30.6 Å². The number of rotatable bonds is 7. The average Bonchev–Trinajstić information content (AvgIpc) is 3.36. The van der Waals surface area contributed by atoms with E-state index in [1.165, 1.54) is 12.8 Å². The lowest BCUT2D eigenvalue weighted by molar-refractivity contribution is -0.139. The van der Waals surface area contributed by atoms with E-state index in [0.29, 0.717) is 17.6 Å². The fourth-order valence-corrected chi connectivity index (χ4v) is 1.94. The van der Waals surface area contributed by atoms with Crippen LogP contribution in [-0.4, -0.2) is 39.2 Å². The second-order valence-corrected chi connectivity index (χ2v) is 5.16. The maximum atomic E-state index is 10.6. The van der Waals surface area contributed by atoms with Crippen molar-refractivity contribution in [2.24, 2.45) is 5.92 Å². The molecule has 0 amide bonds. The number of hydrogen-bond donors (Lipinski definition) is 2. The van der Waals surface area contributed by atoms with Gasteiger partial charge in [0, 0.05) is 30.6 Å². The maximum Gasteiger partial charge on any atom is 0.341 e. The smallest absolute Gasteiger partial charge is 0.341 e. The molecule has 0 unspecified atom stereocenters. The lowest BCUT2D eigenvalue weighted by atomic mass is 10.2. The first-order valence-corrected chi connectivity index (χ1v) is 7.08. The van der Waals surface area contributed by atoms with Crippen molar-refractivity contribution in [3.63, 3.8) is 0 Å². The molecular weight excluding hydrogens is 284 g/mol. The van der Waals surface area contributed by atoms with E-state index in [1.54, 1.807) is 18.5 Å². The van der Waals surface area contributed by atoms with Crippen molar-refractivity contribution < 1.29 is 14.6 Å². The summed E-state index contributed by atoms with van der Waals surface area (Å²) in [5.41, 5.74) is 1.53. The number of aromatic nitrogens is 3. The van der Waals surface area contributed by atoms with Crippen molar-refractivity contribution in [1.82, 2.24) is 15.0 Å². The molecule has 2 aromatic heterocycles. The van der Waals surface area contributed by atoms with Gasteiger partial charge in [0.1, 0.15) is 0 Å². The Bertz CT molecular complexity index is 659. The standard InChI is InChI=1S/C15H16N4O3/c20-14(21)9-22-13-7-12(11-3-5-16-6-4-11)18-15(19-13)17-8-10-1-2-10/h3-7,10H,1-2,8-9H2,(H,20,21)(H,17,18,19). The van der Waals surface area contributed by atoms with Gasteiger partial charge in [-0.15, -0.1) is 0 Å². The highest BCUT2D eigenvalue weighted by Gasteiger charge is 2.21. The quantitative estimate of drug-likeness (QED) is 0.805. The third kappa shape index (κ3) is 3.91. The topological polar surface area (TPSA) is 97.2 Å². The van der Waals surface area contributed by atoms with Crippen LogP contribution in [0.1, 0.15) is 12.8 Å². The summed E-state index contributed by atoms with van der Waals surface area (Å²) in [6.07, 6.45) is 5.79. The van der Waals surface area contributed by atoms with E-state index in [-0.39, 0.29) is 5.88 Å². The Kier molecular flexibility index (Phi) is 4.13.